The zero-order valence-corrected chi connectivity index (χ0v) is 19.6. The fourth-order valence-corrected chi connectivity index (χ4v) is 4.71. The molecule has 0 radical (unpaired) electrons. The zero-order valence-electron chi connectivity index (χ0n) is 19.6. The van der Waals surface area contributed by atoms with Crippen LogP contribution in [0.25, 0.3) is 0 Å². The van der Waals surface area contributed by atoms with Gasteiger partial charge in [0, 0.05) is 38.2 Å². The average Bonchev–Trinajstić information content (AvgIpc) is 3.33. The number of ketones is 1. The maximum absolute atomic E-state index is 13.2. The molecule has 1 aromatic heterocycles. The number of hydrogen-bond donors (Lipinski definition) is 0. The Balaban J connectivity index is 1.25. The van der Waals surface area contributed by atoms with Gasteiger partial charge in [0.15, 0.2) is 5.78 Å². The molecule has 34 heavy (non-hydrogen) atoms. The molecule has 0 bridgehead atoms. The molecule has 6 nitrogen and oxygen atoms in total. The summed E-state index contributed by atoms with van der Waals surface area (Å²) < 4.78 is 0. The first-order valence-electron chi connectivity index (χ1n) is 11.7. The summed E-state index contributed by atoms with van der Waals surface area (Å²) in [5.74, 6) is 0.0189. The van der Waals surface area contributed by atoms with Gasteiger partial charge in [0.25, 0.3) is 5.91 Å². The number of pyridine rings is 1. The number of aliphatic imine (C=N–C) groups is 1. The summed E-state index contributed by atoms with van der Waals surface area (Å²) in [4.78, 5) is 39.7. The molecule has 1 amide bonds. The molecule has 0 aliphatic carbocycles. The lowest BCUT2D eigenvalue weighted by atomic mass is 9.90. The molecule has 2 aromatic carbocycles. The summed E-state index contributed by atoms with van der Waals surface area (Å²) in [6, 6.07) is 23.0. The second-order valence-corrected chi connectivity index (χ2v) is 9.31. The van der Waals surface area contributed by atoms with Gasteiger partial charge in [-0.3, -0.25) is 19.5 Å². The molecule has 6 heteroatoms. The van der Waals surface area contributed by atoms with E-state index in [1.54, 1.807) is 6.07 Å². The second-order valence-electron chi connectivity index (χ2n) is 9.31. The van der Waals surface area contributed by atoms with Crippen LogP contribution < -0.4 is 0 Å². The molecule has 0 saturated carbocycles. The number of carbonyl (C=O) groups excluding carboxylic acids is 2. The molecule has 2 aliphatic heterocycles. The van der Waals surface area contributed by atoms with Crippen molar-refractivity contribution in [3.05, 3.63) is 95.3 Å². The molecule has 3 heterocycles. The first-order valence-corrected chi connectivity index (χ1v) is 11.7. The van der Waals surface area contributed by atoms with Crippen molar-refractivity contribution in [2.24, 2.45) is 4.99 Å². The molecule has 0 spiro atoms. The van der Waals surface area contributed by atoms with Crippen molar-refractivity contribution in [3.8, 4) is 0 Å². The first-order chi connectivity index (χ1) is 16.4. The number of rotatable bonds is 5. The van der Waals surface area contributed by atoms with Crippen LogP contribution in [0.5, 0.6) is 0 Å². The van der Waals surface area contributed by atoms with Crippen LogP contribution in [-0.4, -0.2) is 63.9 Å². The van der Waals surface area contributed by atoms with E-state index in [-0.39, 0.29) is 11.7 Å². The molecule has 0 unspecified atom stereocenters. The fraction of sp³-hybridized carbons (Fsp3) is 0.286. The Morgan fingerprint density at radius 2 is 1.53 bits per heavy atom. The molecule has 1 saturated heterocycles. The van der Waals surface area contributed by atoms with Crippen LogP contribution in [0.2, 0.25) is 0 Å². The summed E-state index contributed by atoms with van der Waals surface area (Å²) in [7, 11) is 0. The Hall–Kier alpha value is -3.64. The van der Waals surface area contributed by atoms with Gasteiger partial charge in [0.2, 0.25) is 0 Å². The van der Waals surface area contributed by atoms with Crippen molar-refractivity contribution in [2.45, 2.75) is 25.8 Å². The van der Waals surface area contributed by atoms with Crippen molar-refractivity contribution in [1.29, 1.82) is 0 Å². The summed E-state index contributed by atoms with van der Waals surface area (Å²) >= 11 is 0. The third-order valence-electron chi connectivity index (χ3n) is 6.82. The summed E-state index contributed by atoms with van der Waals surface area (Å²) in [5.41, 5.74) is 4.30. The van der Waals surface area contributed by atoms with Crippen molar-refractivity contribution in [1.82, 2.24) is 14.8 Å². The normalized spacial score (nSPS) is 16.2. The summed E-state index contributed by atoms with van der Waals surface area (Å²) in [5, 5.41) is 0. The smallest absolute Gasteiger partial charge is 0.272 e. The number of carbonyl (C=O) groups is 2. The van der Waals surface area contributed by atoms with E-state index in [1.165, 1.54) is 5.56 Å². The highest BCUT2D eigenvalue weighted by molar-refractivity contribution is 6.06. The minimum Gasteiger partial charge on any atom is -0.335 e. The summed E-state index contributed by atoms with van der Waals surface area (Å²) in [6.45, 7) is 6.32. The van der Waals surface area contributed by atoms with Gasteiger partial charge < -0.3 is 4.90 Å². The standard InChI is InChI=1S/C28H28N4O2/c1-28(2,26(33)20-9-4-3-5-10-20)32-17-15-31(16-18-32)27(34)24-14-8-13-23(30-24)25-19-21-11-6-7-12-22(21)29-25/h3-14H,15-19H2,1-2H3. The van der Waals surface area contributed by atoms with Gasteiger partial charge in [-0.15, -0.1) is 0 Å². The molecule has 3 aromatic rings. The highest BCUT2D eigenvalue weighted by Crippen LogP contribution is 2.28. The number of aromatic nitrogens is 1. The molecule has 172 valence electrons. The van der Waals surface area contributed by atoms with Crippen LogP contribution in [0, 0.1) is 0 Å². The highest BCUT2D eigenvalue weighted by atomic mass is 16.2. The Morgan fingerprint density at radius 1 is 0.824 bits per heavy atom. The number of benzene rings is 2. The predicted molar refractivity (Wildman–Crippen MR) is 133 cm³/mol. The van der Waals surface area contributed by atoms with Gasteiger partial charge in [-0.2, -0.15) is 0 Å². The van der Waals surface area contributed by atoms with Crippen molar-refractivity contribution in [2.75, 3.05) is 26.2 Å². The molecular weight excluding hydrogens is 424 g/mol. The Bertz CT molecular complexity index is 1260. The molecule has 0 atom stereocenters. The third-order valence-corrected chi connectivity index (χ3v) is 6.82. The van der Waals surface area contributed by atoms with E-state index >= 15 is 0 Å². The zero-order chi connectivity index (χ0) is 23.7. The van der Waals surface area contributed by atoms with E-state index < -0.39 is 5.54 Å². The van der Waals surface area contributed by atoms with Crippen LogP contribution in [0.3, 0.4) is 0 Å². The topological polar surface area (TPSA) is 65.9 Å². The van der Waals surface area contributed by atoms with Gasteiger partial charge >= 0.3 is 0 Å². The number of amides is 1. The third kappa shape index (κ3) is 4.17. The summed E-state index contributed by atoms with van der Waals surface area (Å²) in [6.07, 6.45) is 0.726. The fourth-order valence-electron chi connectivity index (χ4n) is 4.71. The second kappa shape index (κ2) is 8.95. The van der Waals surface area contributed by atoms with E-state index in [0.717, 1.165) is 23.5 Å². The van der Waals surface area contributed by atoms with Crippen LogP contribution in [-0.2, 0) is 6.42 Å². The SMILES string of the molecule is CC(C)(C(=O)c1ccccc1)N1CCN(C(=O)c2cccc(C3=Nc4ccccc4C3)n2)CC1. The lowest BCUT2D eigenvalue weighted by Crippen LogP contribution is -2.58. The highest BCUT2D eigenvalue weighted by Gasteiger charge is 2.37. The predicted octanol–water partition coefficient (Wildman–Crippen LogP) is 4.18. The van der Waals surface area contributed by atoms with Crippen LogP contribution in [0.1, 0.15) is 46.0 Å². The number of nitrogens with zero attached hydrogens (tertiary/aromatic N) is 4. The molecular formula is C28H28N4O2. The van der Waals surface area contributed by atoms with Crippen LogP contribution in [0.15, 0.2) is 77.8 Å². The lowest BCUT2D eigenvalue weighted by molar-refractivity contribution is 0.0364. The van der Waals surface area contributed by atoms with Gasteiger partial charge in [0.05, 0.1) is 22.6 Å². The molecule has 5 rings (SSSR count). The Morgan fingerprint density at radius 3 is 2.26 bits per heavy atom. The van der Waals surface area contributed by atoms with Crippen LogP contribution >= 0.6 is 0 Å². The largest absolute Gasteiger partial charge is 0.335 e. The molecule has 1 fully saturated rings. The Labute approximate surface area is 200 Å². The minimum atomic E-state index is -0.635. The van der Waals surface area contributed by atoms with E-state index in [1.807, 2.05) is 79.4 Å². The number of fused-ring (bicyclic) bond motifs is 1. The number of piperazine rings is 1. The van der Waals surface area contributed by atoms with Gasteiger partial charge in [0.1, 0.15) is 5.69 Å². The maximum Gasteiger partial charge on any atom is 0.272 e. The minimum absolute atomic E-state index is 0.0789. The van der Waals surface area contributed by atoms with Crippen molar-refractivity contribution < 1.29 is 9.59 Å². The van der Waals surface area contributed by atoms with E-state index in [0.29, 0.717) is 37.4 Å². The van der Waals surface area contributed by atoms with E-state index in [4.69, 9.17) is 4.99 Å². The van der Waals surface area contributed by atoms with Crippen molar-refractivity contribution >= 4 is 23.1 Å². The molecule has 0 N–H and O–H groups in total. The lowest BCUT2D eigenvalue weighted by Gasteiger charge is -2.43. The average molecular weight is 453 g/mol. The van der Waals surface area contributed by atoms with Gasteiger partial charge in [-0.25, -0.2) is 4.98 Å². The van der Waals surface area contributed by atoms with E-state index in [9.17, 15) is 9.59 Å². The van der Waals surface area contributed by atoms with E-state index in [2.05, 4.69) is 16.0 Å². The van der Waals surface area contributed by atoms with Crippen molar-refractivity contribution in [3.63, 3.8) is 0 Å². The van der Waals surface area contributed by atoms with Gasteiger partial charge in [-0.1, -0.05) is 54.6 Å². The Kier molecular flexibility index (Phi) is 5.84. The number of hydrogen-bond acceptors (Lipinski definition) is 5. The number of Topliss-reactive ketones (excluding diaryl/α,β-unsaturated/α-hetero) is 1. The first kappa shape index (κ1) is 22.2. The monoisotopic (exact) mass is 452 g/mol. The quantitative estimate of drug-likeness (QED) is 0.545. The number of para-hydroxylation sites is 1. The molecule has 2 aliphatic rings. The van der Waals surface area contributed by atoms with Gasteiger partial charge in [-0.05, 0) is 37.6 Å². The maximum atomic E-state index is 13.2. The van der Waals surface area contributed by atoms with Crippen LogP contribution in [0.4, 0.5) is 5.69 Å².